The highest BCUT2D eigenvalue weighted by Crippen LogP contribution is 2.33. The fourth-order valence-electron chi connectivity index (χ4n) is 1.81. The molecule has 0 aliphatic rings. The van der Waals surface area contributed by atoms with Gasteiger partial charge in [0.1, 0.15) is 11.6 Å². The Hall–Kier alpha value is -1.39. The van der Waals surface area contributed by atoms with E-state index in [2.05, 4.69) is 5.32 Å². The number of benzene rings is 2. The summed E-state index contributed by atoms with van der Waals surface area (Å²) < 4.78 is 27.9. The molecule has 0 radical (unpaired) electrons. The summed E-state index contributed by atoms with van der Waals surface area (Å²) in [6, 6.07) is 10.3. The maximum Gasteiger partial charge on any atom is 0.140 e. The fraction of sp³-hybridized carbons (Fsp3) is 0.200. The van der Waals surface area contributed by atoms with Crippen LogP contribution in [0.25, 0.3) is 0 Å². The number of hydrogen-bond donors (Lipinski definition) is 1. The summed E-state index contributed by atoms with van der Waals surface area (Å²) in [4.78, 5) is 0.879. The molecule has 0 aromatic heterocycles. The monoisotopic (exact) mass is 279 g/mol. The average molecular weight is 279 g/mol. The molecule has 2 aromatic rings. The molecule has 0 aliphatic heterocycles. The normalized spacial score (nSPS) is 10.7. The number of hydrogen-bond acceptors (Lipinski definition) is 2. The highest BCUT2D eigenvalue weighted by atomic mass is 32.2. The average Bonchev–Trinajstić information content (AvgIpc) is 2.34. The van der Waals surface area contributed by atoms with Gasteiger partial charge in [-0.25, -0.2) is 8.78 Å². The standard InChI is InChI=1S/C15H15F2NS/c1-10-4-3-5-12(6-10)19-15-13(16)7-11(9-18-2)8-14(15)17/h3-8,18H,9H2,1-2H3. The van der Waals surface area contributed by atoms with Crippen molar-refractivity contribution in [2.24, 2.45) is 0 Å². The third kappa shape index (κ3) is 3.55. The summed E-state index contributed by atoms with van der Waals surface area (Å²) in [6.45, 7) is 2.40. The second-order valence-electron chi connectivity index (χ2n) is 4.34. The van der Waals surface area contributed by atoms with Crippen LogP contribution in [0.15, 0.2) is 46.2 Å². The molecule has 0 amide bonds. The molecule has 4 heteroatoms. The third-order valence-corrected chi connectivity index (χ3v) is 3.73. The lowest BCUT2D eigenvalue weighted by Crippen LogP contribution is -2.06. The SMILES string of the molecule is CNCc1cc(F)c(Sc2cccc(C)c2)c(F)c1. The first kappa shape index (κ1) is 14.0. The van der Waals surface area contributed by atoms with E-state index in [1.165, 1.54) is 12.1 Å². The van der Waals surface area contributed by atoms with Crippen molar-refractivity contribution in [2.45, 2.75) is 23.3 Å². The molecule has 0 aliphatic carbocycles. The van der Waals surface area contributed by atoms with E-state index < -0.39 is 11.6 Å². The number of nitrogens with one attached hydrogen (secondary N) is 1. The van der Waals surface area contributed by atoms with Crippen LogP contribution in [0, 0.1) is 18.6 Å². The molecule has 0 bridgehead atoms. The van der Waals surface area contributed by atoms with Gasteiger partial charge in [0, 0.05) is 11.4 Å². The van der Waals surface area contributed by atoms with Crippen molar-refractivity contribution in [1.82, 2.24) is 5.32 Å². The fourth-order valence-corrected chi connectivity index (χ4v) is 2.75. The Kier molecular flexibility index (Phi) is 4.56. The zero-order chi connectivity index (χ0) is 13.8. The van der Waals surface area contributed by atoms with Gasteiger partial charge in [0.25, 0.3) is 0 Å². The van der Waals surface area contributed by atoms with Crippen molar-refractivity contribution in [2.75, 3.05) is 7.05 Å². The Morgan fingerprint density at radius 3 is 2.37 bits per heavy atom. The minimum absolute atomic E-state index is 0.0467. The van der Waals surface area contributed by atoms with Gasteiger partial charge in [0.15, 0.2) is 0 Å². The van der Waals surface area contributed by atoms with Crippen LogP contribution in [0.2, 0.25) is 0 Å². The Balaban J connectivity index is 2.30. The Labute approximate surface area is 116 Å². The van der Waals surface area contributed by atoms with Gasteiger partial charge in [-0.2, -0.15) is 0 Å². The molecule has 2 rings (SSSR count). The van der Waals surface area contributed by atoms with E-state index >= 15 is 0 Å². The van der Waals surface area contributed by atoms with Gasteiger partial charge in [0.05, 0.1) is 4.90 Å². The second-order valence-corrected chi connectivity index (χ2v) is 5.42. The Morgan fingerprint density at radius 2 is 1.79 bits per heavy atom. The summed E-state index contributed by atoms with van der Waals surface area (Å²) in [5, 5.41) is 2.87. The van der Waals surface area contributed by atoms with E-state index in [1.807, 2.05) is 31.2 Å². The lowest BCUT2D eigenvalue weighted by molar-refractivity contribution is 0.536. The molecule has 0 heterocycles. The third-order valence-electron chi connectivity index (χ3n) is 2.65. The quantitative estimate of drug-likeness (QED) is 0.902. The first-order valence-electron chi connectivity index (χ1n) is 5.97. The molecule has 0 atom stereocenters. The molecule has 0 unspecified atom stereocenters. The first-order valence-corrected chi connectivity index (χ1v) is 6.79. The molecule has 1 N–H and O–H groups in total. The minimum atomic E-state index is -0.517. The van der Waals surface area contributed by atoms with Gasteiger partial charge in [0.2, 0.25) is 0 Å². The van der Waals surface area contributed by atoms with Crippen LogP contribution in [0.1, 0.15) is 11.1 Å². The lowest BCUT2D eigenvalue weighted by Gasteiger charge is -2.08. The predicted octanol–water partition coefficient (Wildman–Crippen LogP) is 4.14. The van der Waals surface area contributed by atoms with Gasteiger partial charge in [-0.05, 0) is 43.8 Å². The molecule has 0 spiro atoms. The second kappa shape index (κ2) is 6.17. The zero-order valence-corrected chi connectivity index (χ0v) is 11.7. The van der Waals surface area contributed by atoms with Crippen LogP contribution in [0.5, 0.6) is 0 Å². The molecule has 19 heavy (non-hydrogen) atoms. The number of rotatable bonds is 4. The molecular weight excluding hydrogens is 264 g/mol. The van der Waals surface area contributed by atoms with Crippen LogP contribution >= 0.6 is 11.8 Å². The predicted molar refractivity (Wildman–Crippen MR) is 74.4 cm³/mol. The van der Waals surface area contributed by atoms with E-state index in [0.717, 1.165) is 22.2 Å². The van der Waals surface area contributed by atoms with Crippen molar-refractivity contribution in [1.29, 1.82) is 0 Å². The van der Waals surface area contributed by atoms with Gasteiger partial charge in [-0.15, -0.1) is 0 Å². The summed E-state index contributed by atoms with van der Waals surface area (Å²) in [5.74, 6) is -1.03. The van der Waals surface area contributed by atoms with Gasteiger partial charge in [-0.3, -0.25) is 0 Å². The lowest BCUT2D eigenvalue weighted by atomic mass is 10.2. The Bertz CT molecular complexity index is 561. The highest BCUT2D eigenvalue weighted by molar-refractivity contribution is 7.99. The topological polar surface area (TPSA) is 12.0 Å². The van der Waals surface area contributed by atoms with Gasteiger partial charge in [-0.1, -0.05) is 29.5 Å². The van der Waals surface area contributed by atoms with E-state index in [-0.39, 0.29) is 4.90 Å². The van der Waals surface area contributed by atoms with Crippen LogP contribution in [0.4, 0.5) is 8.78 Å². The molecule has 0 saturated heterocycles. The Morgan fingerprint density at radius 1 is 1.11 bits per heavy atom. The van der Waals surface area contributed by atoms with E-state index in [4.69, 9.17) is 0 Å². The van der Waals surface area contributed by atoms with E-state index in [0.29, 0.717) is 12.1 Å². The molecule has 1 nitrogen and oxygen atoms in total. The van der Waals surface area contributed by atoms with Crippen molar-refractivity contribution in [3.63, 3.8) is 0 Å². The van der Waals surface area contributed by atoms with E-state index in [9.17, 15) is 8.78 Å². The minimum Gasteiger partial charge on any atom is -0.316 e. The first-order chi connectivity index (χ1) is 9.10. The molecule has 100 valence electrons. The number of halogens is 2. The van der Waals surface area contributed by atoms with Crippen LogP contribution < -0.4 is 5.32 Å². The highest BCUT2D eigenvalue weighted by Gasteiger charge is 2.12. The molecule has 0 saturated carbocycles. The number of aryl methyl sites for hydroxylation is 1. The maximum atomic E-state index is 13.9. The summed E-state index contributed by atoms with van der Waals surface area (Å²) in [7, 11) is 1.74. The smallest absolute Gasteiger partial charge is 0.140 e. The van der Waals surface area contributed by atoms with Gasteiger partial charge < -0.3 is 5.32 Å². The van der Waals surface area contributed by atoms with Crippen LogP contribution in [-0.4, -0.2) is 7.05 Å². The summed E-state index contributed by atoms with van der Waals surface area (Å²) >= 11 is 1.11. The van der Waals surface area contributed by atoms with Crippen molar-refractivity contribution in [3.8, 4) is 0 Å². The largest absolute Gasteiger partial charge is 0.316 e. The van der Waals surface area contributed by atoms with E-state index in [1.54, 1.807) is 7.05 Å². The zero-order valence-electron chi connectivity index (χ0n) is 10.8. The van der Waals surface area contributed by atoms with Crippen molar-refractivity contribution < 1.29 is 8.78 Å². The molecule has 0 fully saturated rings. The van der Waals surface area contributed by atoms with Crippen LogP contribution in [0.3, 0.4) is 0 Å². The summed E-state index contributed by atoms with van der Waals surface area (Å²) in [5.41, 5.74) is 1.67. The van der Waals surface area contributed by atoms with Gasteiger partial charge >= 0.3 is 0 Å². The molecular formula is C15H15F2NS. The van der Waals surface area contributed by atoms with Crippen molar-refractivity contribution in [3.05, 3.63) is 59.2 Å². The summed E-state index contributed by atoms with van der Waals surface area (Å²) in [6.07, 6.45) is 0. The molecule has 2 aromatic carbocycles. The van der Waals surface area contributed by atoms with Crippen LogP contribution in [-0.2, 0) is 6.54 Å². The van der Waals surface area contributed by atoms with Crippen molar-refractivity contribution >= 4 is 11.8 Å². The maximum absolute atomic E-state index is 13.9.